The Hall–Kier alpha value is -2.78. The van der Waals surface area contributed by atoms with Gasteiger partial charge in [-0.3, -0.25) is 9.69 Å². The topological polar surface area (TPSA) is 20.3 Å². The van der Waals surface area contributed by atoms with Gasteiger partial charge in [0.25, 0.3) is 0 Å². The standard InChI is InChI=1S/C38H52FNO/c1-28-11-9-10-12-36(28)29(2)23-24-40(26-34-17-15-32(16-18-34)14-13-30(3)39)27-38(7,8)35-21-19-33(20-22-35)25-37(5,6)31(4)41/h9-12,15-22,29-30H,13-14,23-27H2,1-8H3. The van der Waals surface area contributed by atoms with E-state index in [-0.39, 0.29) is 16.6 Å². The maximum atomic E-state index is 13.3. The third-order valence-electron chi connectivity index (χ3n) is 8.81. The first kappa shape index (κ1) is 32.7. The second-order valence-corrected chi connectivity index (χ2v) is 13.6. The molecule has 0 aliphatic heterocycles. The van der Waals surface area contributed by atoms with Gasteiger partial charge in [-0.05, 0) is 92.3 Å². The van der Waals surface area contributed by atoms with Gasteiger partial charge < -0.3 is 0 Å². The highest BCUT2D eigenvalue weighted by Gasteiger charge is 2.27. The van der Waals surface area contributed by atoms with Crippen LogP contribution in [0.4, 0.5) is 4.39 Å². The molecular weight excluding hydrogens is 505 g/mol. The number of carbonyl (C=O) groups excluding carboxylic acids is 1. The largest absolute Gasteiger partial charge is 0.299 e. The van der Waals surface area contributed by atoms with Gasteiger partial charge in [-0.15, -0.1) is 0 Å². The minimum atomic E-state index is -0.766. The van der Waals surface area contributed by atoms with Gasteiger partial charge >= 0.3 is 0 Å². The zero-order valence-corrected chi connectivity index (χ0v) is 26.8. The van der Waals surface area contributed by atoms with Crippen LogP contribution in [0, 0.1) is 12.3 Å². The van der Waals surface area contributed by atoms with Crippen LogP contribution in [-0.2, 0) is 29.6 Å². The lowest BCUT2D eigenvalue weighted by Gasteiger charge is -2.34. The van der Waals surface area contributed by atoms with E-state index in [0.29, 0.717) is 12.3 Å². The summed E-state index contributed by atoms with van der Waals surface area (Å²) in [6.45, 7) is 19.4. The molecule has 0 aliphatic rings. The van der Waals surface area contributed by atoms with E-state index < -0.39 is 6.17 Å². The number of hydrogen-bond donors (Lipinski definition) is 0. The number of carbonyl (C=O) groups is 1. The number of rotatable bonds is 15. The number of benzene rings is 3. The Morgan fingerprint density at radius 1 is 0.829 bits per heavy atom. The fraction of sp³-hybridized carbons (Fsp3) is 0.500. The molecule has 0 bridgehead atoms. The molecule has 2 atom stereocenters. The van der Waals surface area contributed by atoms with Crippen LogP contribution in [0.3, 0.4) is 0 Å². The smallest absolute Gasteiger partial charge is 0.135 e. The average molecular weight is 558 g/mol. The second-order valence-electron chi connectivity index (χ2n) is 13.6. The first-order valence-electron chi connectivity index (χ1n) is 15.4. The van der Waals surface area contributed by atoms with Gasteiger partial charge in [0.2, 0.25) is 0 Å². The van der Waals surface area contributed by atoms with E-state index >= 15 is 0 Å². The fourth-order valence-electron chi connectivity index (χ4n) is 5.68. The van der Waals surface area contributed by atoms with Gasteiger partial charge in [-0.1, -0.05) is 107 Å². The number of Topliss-reactive ketones (excluding diaryl/α,β-unsaturated/α-hetero) is 1. The van der Waals surface area contributed by atoms with Gasteiger partial charge in [-0.25, -0.2) is 4.39 Å². The highest BCUT2D eigenvalue weighted by molar-refractivity contribution is 5.81. The Kier molecular flexibility index (Phi) is 11.5. The van der Waals surface area contributed by atoms with Crippen molar-refractivity contribution in [1.29, 1.82) is 0 Å². The molecule has 3 aromatic carbocycles. The van der Waals surface area contributed by atoms with Gasteiger partial charge in [0.15, 0.2) is 0 Å². The molecule has 0 amide bonds. The Bertz CT molecular complexity index is 1240. The highest BCUT2D eigenvalue weighted by Crippen LogP contribution is 2.30. The van der Waals surface area contributed by atoms with Crippen LogP contribution in [0.25, 0.3) is 0 Å². The molecule has 0 radical (unpaired) electrons. The molecule has 0 aliphatic carbocycles. The maximum Gasteiger partial charge on any atom is 0.135 e. The predicted molar refractivity (Wildman–Crippen MR) is 172 cm³/mol. The Balaban J connectivity index is 1.76. The van der Waals surface area contributed by atoms with E-state index in [4.69, 9.17) is 0 Å². The third-order valence-corrected chi connectivity index (χ3v) is 8.81. The van der Waals surface area contributed by atoms with E-state index in [1.54, 1.807) is 13.8 Å². The summed E-state index contributed by atoms with van der Waals surface area (Å²) in [5.41, 5.74) is 7.42. The lowest BCUT2D eigenvalue weighted by molar-refractivity contribution is -0.124. The van der Waals surface area contributed by atoms with E-state index in [0.717, 1.165) is 38.9 Å². The van der Waals surface area contributed by atoms with Crippen LogP contribution in [0.2, 0.25) is 0 Å². The third kappa shape index (κ3) is 9.92. The number of aryl methyl sites for hydroxylation is 2. The zero-order valence-electron chi connectivity index (χ0n) is 26.8. The predicted octanol–water partition coefficient (Wildman–Crippen LogP) is 9.42. The molecule has 222 valence electrons. The lowest BCUT2D eigenvalue weighted by Crippen LogP contribution is -2.37. The Labute approximate surface area is 249 Å². The molecule has 0 aromatic heterocycles. The van der Waals surface area contributed by atoms with Crippen molar-refractivity contribution in [3.05, 3.63) is 106 Å². The van der Waals surface area contributed by atoms with Crippen LogP contribution in [-0.4, -0.2) is 29.9 Å². The normalized spacial score (nSPS) is 13.8. The van der Waals surface area contributed by atoms with Crippen LogP contribution in [0.15, 0.2) is 72.8 Å². The molecule has 3 rings (SSSR count). The van der Waals surface area contributed by atoms with E-state index in [2.05, 4.69) is 105 Å². The molecule has 0 spiro atoms. The zero-order chi connectivity index (χ0) is 30.2. The Morgan fingerprint density at radius 3 is 2.00 bits per heavy atom. The summed E-state index contributed by atoms with van der Waals surface area (Å²) < 4.78 is 13.3. The van der Waals surface area contributed by atoms with Gasteiger partial charge in [-0.2, -0.15) is 0 Å². The van der Waals surface area contributed by atoms with Crippen molar-refractivity contribution in [2.45, 2.75) is 105 Å². The summed E-state index contributed by atoms with van der Waals surface area (Å²) in [6.07, 6.45) is 2.43. The highest BCUT2D eigenvalue weighted by atomic mass is 19.1. The molecule has 0 saturated heterocycles. The van der Waals surface area contributed by atoms with Crippen molar-refractivity contribution < 1.29 is 9.18 Å². The van der Waals surface area contributed by atoms with Crippen molar-refractivity contribution in [3.8, 4) is 0 Å². The summed E-state index contributed by atoms with van der Waals surface area (Å²) in [5, 5.41) is 0. The number of alkyl halides is 1. The van der Waals surface area contributed by atoms with Crippen LogP contribution >= 0.6 is 0 Å². The van der Waals surface area contributed by atoms with E-state index in [9.17, 15) is 9.18 Å². The van der Waals surface area contributed by atoms with Gasteiger partial charge in [0.1, 0.15) is 5.78 Å². The monoisotopic (exact) mass is 557 g/mol. The van der Waals surface area contributed by atoms with Crippen molar-refractivity contribution in [3.63, 3.8) is 0 Å². The second kappa shape index (κ2) is 14.4. The van der Waals surface area contributed by atoms with Gasteiger partial charge in [0, 0.05) is 23.9 Å². The fourth-order valence-corrected chi connectivity index (χ4v) is 5.68. The summed E-state index contributed by atoms with van der Waals surface area (Å²) in [5.74, 6) is 0.707. The van der Waals surface area contributed by atoms with Crippen molar-refractivity contribution in [2.24, 2.45) is 5.41 Å². The van der Waals surface area contributed by atoms with Crippen LogP contribution < -0.4 is 0 Å². The Morgan fingerprint density at radius 2 is 1.41 bits per heavy atom. The number of halogens is 1. The molecule has 41 heavy (non-hydrogen) atoms. The maximum absolute atomic E-state index is 13.3. The van der Waals surface area contributed by atoms with Crippen molar-refractivity contribution in [2.75, 3.05) is 13.1 Å². The van der Waals surface area contributed by atoms with Crippen LogP contribution in [0.1, 0.15) is 101 Å². The van der Waals surface area contributed by atoms with Crippen molar-refractivity contribution in [1.82, 2.24) is 4.90 Å². The molecule has 2 nitrogen and oxygen atoms in total. The molecule has 0 fully saturated rings. The summed E-state index contributed by atoms with van der Waals surface area (Å²) in [7, 11) is 0. The van der Waals surface area contributed by atoms with Crippen LogP contribution in [0.5, 0.6) is 0 Å². The quantitative estimate of drug-likeness (QED) is 0.185. The summed E-state index contributed by atoms with van der Waals surface area (Å²) in [4.78, 5) is 14.6. The molecule has 3 aromatic rings. The summed E-state index contributed by atoms with van der Waals surface area (Å²) in [6, 6.07) is 26.4. The van der Waals surface area contributed by atoms with E-state index in [1.165, 1.54) is 33.4 Å². The SMILES string of the molecule is CC(=O)C(C)(C)Cc1ccc(C(C)(C)CN(CCC(C)c2ccccc2C)Cc2ccc(CCC(C)F)cc2)cc1. The van der Waals surface area contributed by atoms with E-state index in [1.807, 2.05) is 13.8 Å². The molecule has 0 saturated carbocycles. The number of ketones is 1. The summed E-state index contributed by atoms with van der Waals surface area (Å²) >= 11 is 0. The van der Waals surface area contributed by atoms with Gasteiger partial charge in [0.05, 0.1) is 6.17 Å². The first-order valence-corrected chi connectivity index (χ1v) is 15.4. The molecule has 0 N–H and O–H groups in total. The molecular formula is C38H52FNO. The molecule has 3 heteroatoms. The number of nitrogens with zero attached hydrogens (tertiary/aromatic N) is 1. The average Bonchev–Trinajstić information content (AvgIpc) is 2.91. The lowest BCUT2D eigenvalue weighted by atomic mass is 9.80. The van der Waals surface area contributed by atoms with Crippen molar-refractivity contribution >= 4 is 5.78 Å². The molecule has 0 heterocycles. The minimum absolute atomic E-state index is 0.0439. The molecule has 2 unspecified atom stereocenters. The minimum Gasteiger partial charge on any atom is -0.299 e. The first-order chi connectivity index (χ1) is 19.3. The number of hydrogen-bond acceptors (Lipinski definition) is 2.